The van der Waals surface area contributed by atoms with Gasteiger partial charge in [0.15, 0.2) is 11.5 Å². The molecule has 0 aliphatic carbocycles. The highest BCUT2D eigenvalue weighted by atomic mass is 16.5. The molecule has 0 bridgehead atoms. The number of benzene rings is 1. The highest BCUT2D eigenvalue weighted by molar-refractivity contribution is 5.42. The van der Waals surface area contributed by atoms with Gasteiger partial charge in [-0.25, -0.2) is 0 Å². The fraction of sp³-hybridized carbons (Fsp3) is 0.571. The van der Waals surface area contributed by atoms with Gasteiger partial charge in [-0.2, -0.15) is 0 Å². The second kappa shape index (κ2) is 8.78. The Morgan fingerprint density at radius 1 is 1.17 bits per heavy atom. The molecule has 0 saturated carbocycles. The van der Waals surface area contributed by atoms with Crippen molar-refractivity contribution >= 4 is 0 Å². The minimum atomic E-state index is 0.644. The molecule has 4 heteroatoms. The molecule has 0 heterocycles. The van der Waals surface area contributed by atoms with Crippen molar-refractivity contribution in [2.45, 2.75) is 19.9 Å². The standard InChI is InChI=1S/C14H23NO3/c1-4-18-13-7-6-12(10-14(13)17-3)11-15-8-5-9-16-2/h6-7,10,15H,4-5,8-9,11H2,1-3H3. The Balaban J connectivity index is 2.46. The molecule has 0 amide bonds. The lowest BCUT2D eigenvalue weighted by molar-refractivity contribution is 0.194. The van der Waals surface area contributed by atoms with Crippen LogP contribution in [0.15, 0.2) is 18.2 Å². The van der Waals surface area contributed by atoms with Gasteiger partial charge in [0.1, 0.15) is 0 Å². The van der Waals surface area contributed by atoms with E-state index in [2.05, 4.69) is 11.4 Å². The van der Waals surface area contributed by atoms with Gasteiger partial charge in [-0.3, -0.25) is 0 Å². The van der Waals surface area contributed by atoms with Crippen molar-refractivity contribution in [3.8, 4) is 11.5 Å². The smallest absolute Gasteiger partial charge is 0.161 e. The summed E-state index contributed by atoms with van der Waals surface area (Å²) >= 11 is 0. The molecule has 0 spiro atoms. The van der Waals surface area contributed by atoms with Crippen LogP contribution < -0.4 is 14.8 Å². The molecule has 0 aromatic heterocycles. The predicted octanol–water partition coefficient (Wildman–Crippen LogP) is 2.22. The number of methoxy groups -OCH3 is 2. The first-order chi connectivity index (χ1) is 8.81. The van der Waals surface area contributed by atoms with Crippen molar-refractivity contribution in [1.82, 2.24) is 5.32 Å². The lowest BCUT2D eigenvalue weighted by Gasteiger charge is -2.11. The monoisotopic (exact) mass is 253 g/mol. The molecule has 0 aliphatic rings. The molecular weight excluding hydrogens is 230 g/mol. The van der Waals surface area contributed by atoms with Gasteiger partial charge in [-0.15, -0.1) is 0 Å². The third-order valence-electron chi connectivity index (χ3n) is 2.56. The zero-order valence-electron chi connectivity index (χ0n) is 11.5. The second-order valence-corrected chi connectivity index (χ2v) is 3.94. The van der Waals surface area contributed by atoms with E-state index in [4.69, 9.17) is 14.2 Å². The van der Waals surface area contributed by atoms with Crippen LogP contribution in [0.25, 0.3) is 0 Å². The summed E-state index contributed by atoms with van der Waals surface area (Å²) in [6.07, 6.45) is 1.02. The van der Waals surface area contributed by atoms with Crippen LogP contribution in [0, 0.1) is 0 Å². The normalized spacial score (nSPS) is 10.4. The average Bonchev–Trinajstić information content (AvgIpc) is 2.40. The molecule has 0 unspecified atom stereocenters. The lowest BCUT2D eigenvalue weighted by Crippen LogP contribution is -2.16. The van der Waals surface area contributed by atoms with E-state index in [1.807, 2.05) is 19.1 Å². The molecule has 0 aliphatic heterocycles. The van der Waals surface area contributed by atoms with E-state index in [1.54, 1.807) is 14.2 Å². The van der Waals surface area contributed by atoms with E-state index < -0.39 is 0 Å². The largest absolute Gasteiger partial charge is 0.493 e. The van der Waals surface area contributed by atoms with Crippen LogP contribution in [0.3, 0.4) is 0 Å². The molecule has 102 valence electrons. The van der Waals surface area contributed by atoms with Gasteiger partial charge in [0.25, 0.3) is 0 Å². The molecule has 0 atom stereocenters. The Morgan fingerprint density at radius 3 is 2.67 bits per heavy atom. The molecule has 0 fully saturated rings. The van der Waals surface area contributed by atoms with Crippen LogP contribution in [0.4, 0.5) is 0 Å². The van der Waals surface area contributed by atoms with E-state index in [1.165, 1.54) is 5.56 Å². The maximum absolute atomic E-state index is 5.48. The van der Waals surface area contributed by atoms with E-state index >= 15 is 0 Å². The van der Waals surface area contributed by atoms with Gasteiger partial charge in [-0.05, 0) is 37.6 Å². The summed E-state index contributed by atoms with van der Waals surface area (Å²) in [5.41, 5.74) is 1.19. The zero-order valence-corrected chi connectivity index (χ0v) is 11.5. The van der Waals surface area contributed by atoms with Crippen molar-refractivity contribution in [1.29, 1.82) is 0 Å². The van der Waals surface area contributed by atoms with Crippen molar-refractivity contribution in [2.24, 2.45) is 0 Å². The Labute approximate surface area is 109 Å². The summed E-state index contributed by atoms with van der Waals surface area (Å²) in [6.45, 7) is 5.17. The fourth-order valence-electron chi connectivity index (χ4n) is 1.67. The molecule has 1 rings (SSSR count). The van der Waals surface area contributed by atoms with Gasteiger partial charge in [0, 0.05) is 20.3 Å². The van der Waals surface area contributed by atoms with Crippen LogP contribution in [-0.2, 0) is 11.3 Å². The number of hydrogen-bond donors (Lipinski definition) is 1. The van der Waals surface area contributed by atoms with Crippen molar-refractivity contribution in [2.75, 3.05) is 34.0 Å². The van der Waals surface area contributed by atoms with E-state index in [0.29, 0.717) is 6.61 Å². The van der Waals surface area contributed by atoms with Crippen LogP contribution in [0.5, 0.6) is 11.5 Å². The number of ether oxygens (including phenoxy) is 3. The van der Waals surface area contributed by atoms with Crippen LogP contribution in [-0.4, -0.2) is 34.0 Å². The Hall–Kier alpha value is -1.26. The third-order valence-corrected chi connectivity index (χ3v) is 2.56. The maximum atomic E-state index is 5.48. The number of rotatable bonds is 9. The minimum absolute atomic E-state index is 0.644. The fourth-order valence-corrected chi connectivity index (χ4v) is 1.67. The second-order valence-electron chi connectivity index (χ2n) is 3.94. The molecule has 18 heavy (non-hydrogen) atoms. The summed E-state index contributed by atoms with van der Waals surface area (Å²) in [5.74, 6) is 1.58. The Bertz CT molecular complexity index is 342. The molecule has 1 aromatic carbocycles. The van der Waals surface area contributed by atoms with Gasteiger partial charge in [0.05, 0.1) is 13.7 Å². The first kappa shape index (κ1) is 14.8. The summed E-state index contributed by atoms with van der Waals surface area (Å²) in [4.78, 5) is 0. The summed E-state index contributed by atoms with van der Waals surface area (Å²) in [6, 6.07) is 6.01. The summed E-state index contributed by atoms with van der Waals surface area (Å²) in [5, 5.41) is 3.36. The first-order valence-electron chi connectivity index (χ1n) is 6.31. The highest BCUT2D eigenvalue weighted by Gasteiger charge is 2.04. The zero-order chi connectivity index (χ0) is 13.2. The predicted molar refractivity (Wildman–Crippen MR) is 72.4 cm³/mol. The SMILES string of the molecule is CCOc1ccc(CNCCCOC)cc1OC. The van der Waals surface area contributed by atoms with E-state index in [9.17, 15) is 0 Å². The molecule has 0 saturated heterocycles. The Morgan fingerprint density at radius 2 is 2.00 bits per heavy atom. The Kier molecular flexibility index (Phi) is 7.22. The topological polar surface area (TPSA) is 39.7 Å². The first-order valence-corrected chi connectivity index (χ1v) is 6.31. The van der Waals surface area contributed by atoms with Crippen LogP contribution in [0.1, 0.15) is 18.9 Å². The summed E-state index contributed by atoms with van der Waals surface area (Å²) in [7, 11) is 3.38. The van der Waals surface area contributed by atoms with Crippen molar-refractivity contribution in [3.05, 3.63) is 23.8 Å². The molecular formula is C14H23NO3. The van der Waals surface area contributed by atoms with Crippen molar-refractivity contribution in [3.63, 3.8) is 0 Å². The van der Waals surface area contributed by atoms with E-state index in [0.717, 1.165) is 37.6 Å². The maximum Gasteiger partial charge on any atom is 0.161 e. The lowest BCUT2D eigenvalue weighted by atomic mass is 10.2. The van der Waals surface area contributed by atoms with Crippen LogP contribution in [0.2, 0.25) is 0 Å². The van der Waals surface area contributed by atoms with E-state index in [-0.39, 0.29) is 0 Å². The highest BCUT2D eigenvalue weighted by Crippen LogP contribution is 2.27. The van der Waals surface area contributed by atoms with Crippen LogP contribution >= 0.6 is 0 Å². The third kappa shape index (κ3) is 4.94. The molecule has 4 nitrogen and oxygen atoms in total. The van der Waals surface area contributed by atoms with Gasteiger partial charge < -0.3 is 19.5 Å². The van der Waals surface area contributed by atoms with Gasteiger partial charge in [0.2, 0.25) is 0 Å². The molecule has 1 N–H and O–H groups in total. The number of nitrogens with one attached hydrogen (secondary N) is 1. The quantitative estimate of drug-likeness (QED) is 0.685. The molecule has 1 aromatic rings. The average molecular weight is 253 g/mol. The van der Waals surface area contributed by atoms with Crippen molar-refractivity contribution < 1.29 is 14.2 Å². The molecule has 0 radical (unpaired) electrons. The van der Waals surface area contributed by atoms with Gasteiger partial charge in [-0.1, -0.05) is 6.07 Å². The minimum Gasteiger partial charge on any atom is -0.493 e. The summed E-state index contributed by atoms with van der Waals surface area (Å²) < 4.78 is 15.8. The number of hydrogen-bond acceptors (Lipinski definition) is 4. The van der Waals surface area contributed by atoms with Gasteiger partial charge >= 0.3 is 0 Å².